The highest BCUT2D eigenvalue weighted by Crippen LogP contribution is 2.22. The summed E-state index contributed by atoms with van der Waals surface area (Å²) in [5.74, 6) is 1.21. The summed E-state index contributed by atoms with van der Waals surface area (Å²) in [6, 6.07) is 6.05. The van der Waals surface area contributed by atoms with Gasteiger partial charge in [0.15, 0.2) is 0 Å². The highest BCUT2D eigenvalue weighted by atomic mass is 16.1. The van der Waals surface area contributed by atoms with Crippen LogP contribution in [0.1, 0.15) is 44.2 Å². The van der Waals surface area contributed by atoms with Crippen molar-refractivity contribution < 1.29 is 4.79 Å². The summed E-state index contributed by atoms with van der Waals surface area (Å²) in [4.78, 5) is 12.1. The first-order chi connectivity index (χ1) is 9.45. The maximum Gasteiger partial charge on any atom is 0.224 e. The molecular weight excluding hydrogens is 248 g/mol. The molecule has 1 atom stereocenters. The van der Waals surface area contributed by atoms with E-state index in [2.05, 4.69) is 19.2 Å². The van der Waals surface area contributed by atoms with Crippen molar-refractivity contribution in [3.05, 3.63) is 29.3 Å². The van der Waals surface area contributed by atoms with Crippen LogP contribution >= 0.6 is 0 Å². The zero-order valence-corrected chi connectivity index (χ0v) is 13.2. The van der Waals surface area contributed by atoms with Gasteiger partial charge in [-0.1, -0.05) is 32.0 Å². The standard InChI is InChI=1S/C17H28N2O/c1-12(2)15(10-11-18)8-9-16(20)19-17-13(3)6-5-7-14(17)4/h5-7,12,15H,8-11,18H2,1-4H3,(H,19,20). The van der Waals surface area contributed by atoms with Crippen molar-refractivity contribution in [2.75, 3.05) is 11.9 Å². The molecule has 0 bridgehead atoms. The summed E-state index contributed by atoms with van der Waals surface area (Å²) in [6.45, 7) is 9.14. The Morgan fingerprint density at radius 3 is 2.30 bits per heavy atom. The normalized spacial score (nSPS) is 12.5. The third kappa shape index (κ3) is 4.97. The SMILES string of the molecule is Cc1cccc(C)c1NC(=O)CCC(CCN)C(C)C. The van der Waals surface area contributed by atoms with Crippen LogP contribution in [0.3, 0.4) is 0 Å². The van der Waals surface area contributed by atoms with Crippen LogP contribution in [-0.2, 0) is 4.79 Å². The highest BCUT2D eigenvalue weighted by molar-refractivity contribution is 5.92. The summed E-state index contributed by atoms with van der Waals surface area (Å²) in [5, 5.41) is 3.04. The van der Waals surface area contributed by atoms with Gasteiger partial charge in [0.2, 0.25) is 5.91 Å². The van der Waals surface area contributed by atoms with Gasteiger partial charge in [0.1, 0.15) is 0 Å². The number of amides is 1. The molecule has 1 amide bonds. The quantitative estimate of drug-likeness (QED) is 0.798. The van der Waals surface area contributed by atoms with E-state index in [1.54, 1.807) is 0 Å². The van der Waals surface area contributed by atoms with Crippen molar-refractivity contribution in [3.8, 4) is 0 Å². The van der Waals surface area contributed by atoms with E-state index in [-0.39, 0.29) is 5.91 Å². The molecule has 112 valence electrons. The lowest BCUT2D eigenvalue weighted by Crippen LogP contribution is -2.19. The van der Waals surface area contributed by atoms with E-state index >= 15 is 0 Å². The van der Waals surface area contributed by atoms with Gasteiger partial charge < -0.3 is 11.1 Å². The molecule has 0 aromatic heterocycles. The summed E-state index contributed by atoms with van der Waals surface area (Å²) in [7, 11) is 0. The number of carbonyl (C=O) groups excluding carboxylic acids is 1. The Morgan fingerprint density at radius 2 is 1.80 bits per heavy atom. The van der Waals surface area contributed by atoms with Crippen molar-refractivity contribution >= 4 is 11.6 Å². The molecule has 0 saturated carbocycles. The van der Waals surface area contributed by atoms with Gasteiger partial charge in [0.05, 0.1) is 0 Å². The first kappa shape index (κ1) is 16.7. The molecule has 0 saturated heterocycles. The van der Waals surface area contributed by atoms with Crippen LogP contribution in [0.5, 0.6) is 0 Å². The van der Waals surface area contributed by atoms with Gasteiger partial charge in [-0.2, -0.15) is 0 Å². The zero-order valence-electron chi connectivity index (χ0n) is 13.2. The highest BCUT2D eigenvalue weighted by Gasteiger charge is 2.15. The molecule has 1 rings (SSSR count). The lowest BCUT2D eigenvalue weighted by atomic mass is 9.88. The third-order valence-electron chi connectivity index (χ3n) is 3.97. The fourth-order valence-corrected chi connectivity index (χ4v) is 2.56. The van der Waals surface area contributed by atoms with Crippen LogP contribution in [0.25, 0.3) is 0 Å². The molecule has 1 aromatic carbocycles. The van der Waals surface area contributed by atoms with Crippen LogP contribution in [0.2, 0.25) is 0 Å². The minimum atomic E-state index is 0.102. The van der Waals surface area contributed by atoms with E-state index in [0.717, 1.165) is 29.7 Å². The minimum absolute atomic E-state index is 0.102. The number of nitrogens with two attached hydrogens (primary N) is 1. The third-order valence-corrected chi connectivity index (χ3v) is 3.97. The Morgan fingerprint density at radius 1 is 1.20 bits per heavy atom. The average molecular weight is 276 g/mol. The average Bonchev–Trinajstić information content (AvgIpc) is 2.38. The Kier molecular flexibility index (Phi) is 6.73. The number of hydrogen-bond donors (Lipinski definition) is 2. The number of nitrogens with one attached hydrogen (secondary N) is 1. The Hall–Kier alpha value is -1.35. The number of aryl methyl sites for hydroxylation is 2. The fraction of sp³-hybridized carbons (Fsp3) is 0.588. The fourth-order valence-electron chi connectivity index (χ4n) is 2.56. The largest absolute Gasteiger partial charge is 0.330 e. The smallest absolute Gasteiger partial charge is 0.224 e. The number of rotatable bonds is 7. The molecule has 20 heavy (non-hydrogen) atoms. The molecule has 1 unspecified atom stereocenters. The second-order valence-electron chi connectivity index (χ2n) is 5.94. The topological polar surface area (TPSA) is 55.1 Å². The van der Waals surface area contributed by atoms with E-state index < -0.39 is 0 Å². The van der Waals surface area contributed by atoms with Crippen molar-refractivity contribution in [3.63, 3.8) is 0 Å². The molecule has 0 aliphatic heterocycles. The van der Waals surface area contributed by atoms with E-state index in [9.17, 15) is 4.79 Å². The van der Waals surface area contributed by atoms with Crippen LogP contribution in [0, 0.1) is 25.7 Å². The maximum atomic E-state index is 12.1. The van der Waals surface area contributed by atoms with Gasteiger partial charge >= 0.3 is 0 Å². The van der Waals surface area contributed by atoms with Gasteiger partial charge in [0, 0.05) is 12.1 Å². The van der Waals surface area contributed by atoms with Crippen molar-refractivity contribution in [2.45, 2.75) is 47.0 Å². The van der Waals surface area contributed by atoms with Gasteiger partial charge in [-0.15, -0.1) is 0 Å². The number of benzene rings is 1. The molecule has 0 aliphatic carbocycles. The van der Waals surface area contributed by atoms with Crippen LogP contribution in [0.15, 0.2) is 18.2 Å². The first-order valence-corrected chi connectivity index (χ1v) is 7.51. The Labute approximate surface area is 122 Å². The number of para-hydroxylation sites is 1. The van der Waals surface area contributed by atoms with Crippen molar-refractivity contribution in [1.82, 2.24) is 0 Å². The zero-order chi connectivity index (χ0) is 15.1. The lowest BCUT2D eigenvalue weighted by molar-refractivity contribution is -0.116. The molecule has 0 heterocycles. The number of anilines is 1. The molecule has 0 fully saturated rings. The predicted molar refractivity (Wildman–Crippen MR) is 85.8 cm³/mol. The van der Waals surface area contributed by atoms with E-state index in [0.29, 0.717) is 24.8 Å². The van der Waals surface area contributed by atoms with Gasteiger partial charge in [-0.3, -0.25) is 4.79 Å². The summed E-state index contributed by atoms with van der Waals surface area (Å²) in [6.07, 6.45) is 2.47. The van der Waals surface area contributed by atoms with Crippen LogP contribution in [-0.4, -0.2) is 12.5 Å². The van der Waals surface area contributed by atoms with Gasteiger partial charge in [-0.25, -0.2) is 0 Å². The van der Waals surface area contributed by atoms with Gasteiger partial charge in [0.25, 0.3) is 0 Å². The van der Waals surface area contributed by atoms with E-state index in [1.807, 2.05) is 32.0 Å². The number of hydrogen-bond acceptors (Lipinski definition) is 2. The lowest BCUT2D eigenvalue weighted by Gasteiger charge is -2.20. The van der Waals surface area contributed by atoms with Crippen LogP contribution in [0.4, 0.5) is 5.69 Å². The minimum Gasteiger partial charge on any atom is -0.330 e. The molecular formula is C17H28N2O. The molecule has 1 aromatic rings. The Balaban J connectivity index is 2.55. The van der Waals surface area contributed by atoms with Crippen LogP contribution < -0.4 is 11.1 Å². The molecule has 0 aliphatic rings. The van der Waals surface area contributed by atoms with Crippen molar-refractivity contribution in [2.24, 2.45) is 17.6 Å². The first-order valence-electron chi connectivity index (χ1n) is 7.51. The van der Waals surface area contributed by atoms with Gasteiger partial charge in [-0.05, 0) is 56.2 Å². The summed E-state index contributed by atoms with van der Waals surface area (Å²) >= 11 is 0. The Bertz CT molecular complexity index is 420. The number of carbonyl (C=O) groups is 1. The van der Waals surface area contributed by atoms with E-state index in [1.165, 1.54) is 0 Å². The molecule has 3 heteroatoms. The second-order valence-corrected chi connectivity index (χ2v) is 5.94. The summed E-state index contributed by atoms with van der Waals surface area (Å²) in [5.41, 5.74) is 8.82. The van der Waals surface area contributed by atoms with E-state index in [4.69, 9.17) is 5.73 Å². The summed E-state index contributed by atoms with van der Waals surface area (Å²) < 4.78 is 0. The van der Waals surface area contributed by atoms with Crippen molar-refractivity contribution in [1.29, 1.82) is 0 Å². The molecule has 3 N–H and O–H groups in total. The predicted octanol–water partition coefficient (Wildman–Crippen LogP) is 3.64. The molecule has 3 nitrogen and oxygen atoms in total. The monoisotopic (exact) mass is 276 g/mol. The maximum absolute atomic E-state index is 12.1. The molecule has 0 spiro atoms. The second kappa shape index (κ2) is 8.05. The molecule has 0 radical (unpaired) electrons.